The van der Waals surface area contributed by atoms with Gasteiger partial charge < -0.3 is 15.4 Å². The third-order valence-electron chi connectivity index (χ3n) is 3.28. The lowest BCUT2D eigenvalue weighted by atomic mass is 10.1. The van der Waals surface area contributed by atoms with Crippen molar-refractivity contribution < 1.29 is 4.74 Å². The predicted molar refractivity (Wildman–Crippen MR) is 90.9 cm³/mol. The van der Waals surface area contributed by atoms with Crippen LogP contribution in [0.25, 0.3) is 0 Å². The summed E-state index contributed by atoms with van der Waals surface area (Å²) in [6.45, 7) is 2.56. The second-order valence-corrected chi connectivity index (χ2v) is 6.56. The first-order valence-electron chi connectivity index (χ1n) is 6.73. The lowest BCUT2D eigenvalue weighted by Crippen LogP contribution is -2.33. The molecule has 0 radical (unpaired) electrons. The Morgan fingerprint density at radius 2 is 2.05 bits per heavy atom. The molecule has 4 nitrogen and oxygen atoms in total. The molecule has 2 N–H and O–H groups in total. The average Bonchev–Trinajstić information content (AvgIpc) is 2.52. The van der Waals surface area contributed by atoms with E-state index in [0.29, 0.717) is 0 Å². The van der Waals surface area contributed by atoms with Gasteiger partial charge in [0.25, 0.3) is 0 Å². The van der Waals surface area contributed by atoms with Crippen molar-refractivity contribution in [1.29, 1.82) is 0 Å². The minimum atomic E-state index is 0.144. The smallest absolute Gasteiger partial charge is 0.144 e. The molecule has 1 saturated heterocycles. The van der Waals surface area contributed by atoms with E-state index < -0.39 is 0 Å². The van der Waals surface area contributed by atoms with E-state index in [0.717, 1.165) is 40.1 Å². The molecule has 0 spiro atoms. The number of benzene rings is 1. The molecule has 1 aliphatic rings. The van der Waals surface area contributed by atoms with Gasteiger partial charge in [-0.15, -0.1) is 0 Å². The van der Waals surface area contributed by atoms with Gasteiger partial charge >= 0.3 is 0 Å². The zero-order valence-corrected chi connectivity index (χ0v) is 14.4. The van der Waals surface area contributed by atoms with Crippen LogP contribution < -0.4 is 10.6 Å². The Morgan fingerprint density at radius 3 is 2.71 bits per heavy atom. The summed E-state index contributed by atoms with van der Waals surface area (Å²) in [6.07, 6.45) is 1.91. The van der Waals surface area contributed by atoms with Crippen LogP contribution in [0.1, 0.15) is 11.7 Å². The number of nitrogens with zero attached hydrogens (tertiary/aromatic N) is 1. The monoisotopic (exact) mass is 411 g/mol. The van der Waals surface area contributed by atoms with E-state index >= 15 is 0 Å². The van der Waals surface area contributed by atoms with Gasteiger partial charge in [-0.05, 0) is 55.6 Å². The van der Waals surface area contributed by atoms with Crippen LogP contribution in [-0.2, 0) is 4.74 Å². The van der Waals surface area contributed by atoms with E-state index in [-0.39, 0.29) is 6.10 Å². The minimum absolute atomic E-state index is 0.144. The molecular weight excluding hydrogens is 398 g/mol. The Balaban J connectivity index is 1.71. The van der Waals surface area contributed by atoms with Crippen molar-refractivity contribution in [3.8, 4) is 0 Å². The van der Waals surface area contributed by atoms with Gasteiger partial charge in [-0.3, -0.25) is 0 Å². The molecule has 6 heteroatoms. The molecule has 2 heterocycles. The van der Waals surface area contributed by atoms with Crippen LogP contribution in [0.5, 0.6) is 0 Å². The van der Waals surface area contributed by atoms with Gasteiger partial charge in [0.05, 0.1) is 17.2 Å². The number of aromatic nitrogens is 1. The van der Waals surface area contributed by atoms with E-state index in [4.69, 9.17) is 4.74 Å². The first-order valence-corrected chi connectivity index (χ1v) is 8.31. The normalized spacial score (nSPS) is 18.5. The summed E-state index contributed by atoms with van der Waals surface area (Å²) in [4.78, 5) is 4.35. The summed E-state index contributed by atoms with van der Waals surface area (Å²) in [5.74, 6) is 0.793. The molecule has 0 bridgehead atoms. The summed E-state index contributed by atoms with van der Waals surface area (Å²) in [5, 5.41) is 6.63. The number of pyridine rings is 1. The Hall–Kier alpha value is -0.950. The molecule has 1 aromatic carbocycles. The molecule has 1 aromatic heterocycles. The Labute approximate surface area is 140 Å². The largest absolute Gasteiger partial charge is 0.371 e. The fourth-order valence-electron chi connectivity index (χ4n) is 2.20. The molecule has 1 aliphatic heterocycles. The number of rotatable bonds is 3. The van der Waals surface area contributed by atoms with Gasteiger partial charge in [0, 0.05) is 29.4 Å². The molecule has 0 unspecified atom stereocenters. The molecule has 1 fully saturated rings. The van der Waals surface area contributed by atoms with E-state index in [1.54, 1.807) is 6.20 Å². The first kappa shape index (κ1) is 15.0. The molecule has 21 heavy (non-hydrogen) atoms. The van der Waals surface area contributed by atoms with E-state index in [9.17, 15) is 0 Å². The van der Waals surface area contributed by atoms with E-state index in [2.05, 4.69) is 59.6 Å². The van der Waals surface area contributed by atoms with Crippen molar-refractivity contribution in [1.82, 2.24) is 10.3 Å². The van der Waals surface area contributed by atoms with Crippen LogP contribution in [0.2, 0.25) is 0 Å². The molecule has 2 aromatic rings. The fourth-order valence-corrected chi connectivity index (χ4v) is 3.29. The van der Waals surface area contributed by atoms with Gasteiger partial charge in [-0.1, -0.05) is 12.1 Å². The molecule has 1 atom stereocenters. The number of hydrogen-bond acceptors (Lipinski definition) is 4. The standard InChI is InChI=1S/C15H15Br2N3O/c16-11-7-13(17)15(19-8-11)20-12-3-1-10(2-4-12)14-9-18-5-6-21-14/h1-4,7-8,14,18H,5-6,9H2,(H,19,20)/t14-/m1/s1. The zero-order valence-electron chi connectivity index (χ0n) is 11.3. The van der Waals surface area contributed by atoms with Crippen LogP contribution in [0.15, 0.2) is 45.5 Å². The maximum absolute atomic E-state index is 5.75. The molecule has 3 rings (SSSR count). The van der Waals surface area contributed by atoms with Crippen LogP contribution in [0.3, 0.4) is 0 Å². The van der Waals surface area contributed by atoms with Gasteiger partial charge in [-0.2, -0.15) is 0 Å². The average molecular weight is 413 g/mol. The van der Waals surface area contributed by atoms with Crippen molar-refractivity contribution in [2.24, 2.45) is 0 Å². The van der Waals surface area contributed by atoms with Crippen molar-refractivity contribution >= 4 is 43.4 Å². The minimum Gasteiger partial charge on any atom is -0.371 e. The summed E-state index contributed by atoms with van der Waals surface area (Å²) in [7, 11) is 0. The quantitative estimate of drug-likeness (QED) is 0.799. The molecule has 0 amide bonds. The molecule has 0 aliphatic carbocycles. The third-order valence-corrected chi connectivity index (χ3v) is 4.32. The first-order chi connectivity index (χ1) is 10.2. The molecular formula is C15H15Br2N3O. The second-order valence-electron chi connectivity index (χ2n) is 4.79. The maximum Gasteiger partial charge on any atom is 0.144 e. The summed E-state index contributed by atoms with van der Waals surface area (Å²) < 4.78 is 7.61. The Kier molecular flexibility index (Phi) is 4.90. The lowest BCUT2D eigenvalue weighted by Gasteiger charge is -2.24. The highest BCUT2D eigenvalue weighted by atomic mass is 79.9. The molecule has 110 valence electrons. The third kappa shape index (κ3) is 3.83. The van der Waals surface area contributed by atoms with Crippen LogP contribution in [0.4, 0.5) is 11.5 Å². The van der Waals surface area contributed by atoms with Gasteiger partial charge in [-0.25, -0.2) is 4.98 Å². The SMILES string of the molecule is Brc1cnc(Nc2ccc([C@H]3CNCCO3)cc2)c(Br)c1. The van der Waals surface area contributed by atoms with Gasteiger partial charge in [0.15, 0.2) is 0 Å². The fraction of sp³-hybridized carbons (Fsp3) is 0.267. The van der Waals surface area contributed by atoms with Crippen LogP contribution in [0, 0.1) is 0 Å². The zero-order chi connectivity index (χ0) is 14.7. The number of hydrogen-bond donors (Lipinski definition) is 2. The Morgan fingerprint density at radius 1 is 1.24 bits per heavy atom. The van der Waals surface area contributed by atoms with Gasteiger partial charge in [0.1, 0.15) is 5.82 Å². The lowest BCUT2D eigenvalue weighted by molar-refractivity contribution is 0.0277. The van der Waals surface area contributed by atoms with Crippen LogP contribution in [-0.4, -0.2) is 24.7 Å². The van der Waals surface area contributed by atoms with Gasteiger partial charge in [0.2, 0.25) is 0 Å². The van der Waals surface area contributed by atoms with Crippen molar-refractivity contribution in [2.45, 2.75) is 6.10 Å². The highest BCUT2D eigenvalue weighted by Crippen LogP contribution is 2.27. The summed E-state index contributed by atoms with van der Waals surface area (Å²) in [6, 6.07) is 10.2. The predicted octanol–water partition coefficient (Wildman–Crippen LogP) is 4.01. The van der Waals surface area contributed by atoms with Crippen molar-refractivity contribution in [2.75, 3.05) is 25.0 Å². The topological polar surface area (TPSA) is 46.2 Å². The number of anilines is 2. The second kappa shape index (κ2) is 6.87. The number of halogens is 2. The maximum atomic E-state index is 5.75. The van der Waals surface area contributed by atoms with Crippen LogP contribution >= 0.6 is 31.9 Å². The summed E-state index contributed by atoms with van der Waals surface area (Å²) >= 11 is 6.89. The number of ether oxygens (including phenoxy) is 1. The Bertz CT molecular complexity index is 613. The van der Waals surface area contributed by atoms with Crippen molar-refractivity contribution in [3.63, 3.8) is 0 Å². The highest BCUT2D eigenvalue weighted by molar-refractivity contribution is 9.11. The summed E-state index contributed by atoms with van der Waals surface area (Å²) in [5.41, 5.74) is 2.19. The number of morpholine rings is 1. The molecule has 0 saturated carbocycles. The van der Waals surface area contributed by atoms with E-state index in [1.165, 1.54) is 5.56 Å². The number of nitrogens with one attached hydrogen (secondary N) is 2. The van der Waals surface area contributed by atoms with Crippen molar-refractivity contribution in [3.05, 3.63) is 51.0 Å². The van der Waals surface area contributed by atoms with E-state index in [1.807, 2.05) is 18.2 Å². The highest BCUT2D eigenvalue weighted by Gasteiger charge is 2.15.